The van der Waals surface area contributed by atoms with Crippen molar-refractivity contribution in [3.05, 3.63) is 57.3 Å². The minimum absolute atomic E-state index is 0.209. The molecule has 19 heavy (non-hydrogen) atoms. The van der Waals surface area contributed by atoms with Gasteiger partial charge >= 0.3 is 0 Å². The van der Waals surface area contributed by atoms with E-state index < -0.39 is 11.6 Å². The minimum atomic E-state index is -0.793. The molecule has 4 heteroatoms. The van der Waals surface area contributed by atoms with E-state index in [2.05, 4.69) is 24.4 Å². The molecule has 0 fully saturated rings. The topological polar surface area (TPSA) is 12.0 Å². The van der Waals surface area contributed by atoms with Gasteiger partial charge in [-0.2, -0.15) is 0 Å². The fraction of sp³-hybridized carbons (Fsp3) is 0.333. The zero-order valence-corrected chi connectivity index (χ0v) is 11.9. The van der Waals surface area contributed by atoms with Gasteiger partial charge in [-0.05, 0) is 31.7 Å². The Labute approximate surface area is 116 Å². The van der Waals surface area contributed by atoms with Gasteiger partial charge in [0.15, 0.2) is 11.6 Å². The SMILES string of the molecule is CCc1ccc(CC(NC)c2cccc(F)c2F)s1. The van der Waals surface area contributed by atoms with E-state index in [1.54, 1.807) is 30.5 Å². The normalized spacial score (nSPS) is 12.6. The Morgan fingerprint density at radius 1 is 1.16 bits per heavy atom. The molecule has 2 rings (SSSR count). The Hall–Kier alpha value is -1.26. The first-order valence-electron chi connectivity index (χ1n) is 6.34. The largest absolute Gasteiger partial charge is 0.313 e. The Morgan fingerprint density at radius 2 is 1.89 bits per heavy atom. The summed E-state index contributed by atoms with van der Waals surface area (Å²) in [5, 5.41) is 3.06. The number of aryl methyl sites for hydroxylation is 1. The predicted octanol–water partition coefficient (Wildman–Crippen LogP) is 4.09. The smallest absolute Gasteiger partial charge is 0.163 e. The van der Waals surface area contributed by atoms with Crippen molar-refractivity contribution in [1.82, 2.24) is 5.32 Å². The fourth-order valence-corrected chi connectivity index (χ4v) is 3.08. The first kappa shape index (κ1) is 14.2. The zero-order chi connectivity index (χ0) is 13.8. The first-order valence-corrected chi connectivity index (χ1v) is 7.16. The van der Waals surface area contributed by atoms with Crippen LogP contribution in [0, 0.1) is 11.6 Å². The molecule has 2 aromatic rings. The van der Waals surface area contributed by atoms with Crippen molar-refractivity contribution in [3.8, 4) is 0 Å². The van der Waals surface area contributed by atoms with E-state index in [0.717, 1.165) is 12.5 Å². The Kier molecular flexibility index (Phi) is 4.66. The van der Waals surface area contributed by atoms with Crippen LogP contribution in [0.15, 0.2) is 30.3 Å². The van der Waals surface area contributed by atoms with Crippen LogP contribution in [0.4, 0.5) is 8.78 Å². The zero-order valence-electron chi connectivity index (χ0n) is 11.0. The summed E-state index contributed by atoms with van der Waals surface area (Å²) in [4.78, 5) is 2.49. The summed E-state index contributed by atoms with van der Waals surface area (Å²) in [5.41, 5.74) is 0.383. The van der Waals surface area contributed by atoms with E-state index >= 15 is 0 Å². The van der Waals surface area contributed by atoms with Crippen molar-refractivity contribution in [1.29, 1.82) is 0 Å². The number of thiophene rings is 1. The van der Waals surface area contributed by atoms with Crippen molar-refractivity contribution >= 4 is 11.3 Å². The van der Waals surface area contributed by atoms with E-state index in [9.17, 15) is 8.78 Å². The number of rotatable bonds is 5. The lowest BCUT2D eigenvalue weighted by molar-refractivity contribution is 0.474. The molecule has 0 radical (unpaired) electrons. The molecule has 0 aliphatic carbocycles. The summed E-state index contributed by atoms with van der Waals surface area (Å²) in [6, 6.07) is 8.27. The van der Waals surface area contributed by atoms with Gasteiger partial charge in [0.25, 0.3) is 0 Å². The van der Waals surface area contributed by atoms with Crippen LogP contribution in [-0.4, -0.2) is 7.05 Å². The monoisotopic (exact) mass is 281 g/mol. The molecular formula is C15H17F2NS. The molecular weight excluding hydrogens is 264 g/mol. The van der Waals surface area contributed by atoms with Crippen molar-refractivity contribution in [2.24, 2.45) is 0 Å². The lowest BCUT2D eigenvalue weighted by atomic mass is 10.0. The lowest BCUT2D eigenvalue weighted by Gasteiger charge is -2.16. The van der Waals surface area contributed by atoms with Crippen LogP contribution in [0.2, 0.25) is 0 Å². The molecule has 1 nitrogen and oxygen atoms in total. The van der Waals surface area contributed by atoms with Gasteiger partial charge in [0.1, 0.15) is 0 Å². The standard InChI is InChI=1S/C15H17F2NS/c1-3-10-7-8-11(19-10)9-14(18-2)12-5-4-6-13(16)15(12)17/h4-8,14,18H,3,9H2,1-2H3. The second kappa shape index (κ2) is 6.26. The highest BCUT2D eigenvalue weighted by Crippen LogP contribution is 2.26. The number of hydrogen-bond donors (Lipinski definition) is 1. The number of likely N-dealkylation sites (N-methyl/N-ethyl adjacent to an activating group) is 1. The summed E-state index contributed by atoms with van der Waals surface area (Å²) in [7, 11) is 1.77. The van der Waals surface area contributed by atoms with Crippen molar-refractivity contribution in [2.75, 3.05) is 7.05 Å². The van der Waals surface area contributed by atoms with Crippen molar-refractivity contribution in [3.63, 3.8) is 0 Å². The van der Waals surface area contributed by atoms with Crippen LogP contribution in [0.1, 0.15) is 28.3 Å². The molecule has 1 heterocycles. The van der Waals surface area contributed by atoms with E-state index in [1.165, 1.54) is 9.75 Å². The third kappa shape index (κ3) is 3.19. The van der Waals surface area contributed by atoms with E-state index in [0.29, 0.717) is 12.0 Å². The number of halogens is 2. The van der Waals surface area contributed by atoms with Crippen LogP contribution in [0.5, 0.6) is 0 Å². The van der Waals surface area contributed by atoms with Crippen molar-refractivity contribution in [2.45, 2.75) is 25.8 Å². The minimum Gasteiger partial charge on any atom is -0.313 e. The maximum Gasteiger partial charge on any atom is 0.163 e. The van der Waals surface area contributed by atoms with Crippen LogP contribution in [-0.2, 0) is 12.8 Å². The average Bonchev–Trinajstić information content (AvgIpc) is 2.87. The van der Waals surface area contributed by atoms with Gasteiger partial charge in [-0.25, -0.2) is 8.78 Å². The highest BCUT2D eigenvalue weighted by molar-refractivity contribution is 7.11. The average molecular weight is 281 g/mol. The third-order valence-electron chi connectivity index (χ3n) is 3.18. The maximum atomic E-state index is 13.8. The van der Waals surface area contributed by atoms with Gasteiger partial charge in [0.2, 0.25) is 0 Å². The summed E-state index contributed by atoms with van der Waals surface area (Å²) in [6.07, 6.45) is 1.67. The Morgan fingerprint density at radius 3 is 2.53 bits per heavy atom. The first-order chi connectivity index (χ1) is 9.15. The molecule has 0 saturated heterocycles. The predicted molar refractivity (Wildman–Crippen MR) is 75.6 cm³/mol. The van der Waals surface area contributed by atoms with E-state index in [-0.39, 0.29) is 6.04 Å². The summed E-state index contributed by atoms with van der Waals surface area (Å²) in [5.74, 6) is -1.55. The van der Waals surface area contributed by atoms with Crippen LogP contribution in [0.25, 0.3) is 0 Å². The third-order valence-corrected chi connectivity index (χ3v) is 4.43. The second-order valence-corrected chi connectivity index (χ2v) is 5.66. The second-order valence-electron chi connectivity index (χ2n) is 4.41. The number of nitrogens with one attached hydrogen (secondary N) is 1. The fourth-order valence-electron chi connectivity index (χ4n) is 2.08. The van der Waals surface area contributed by atoms with Gasteiger partial charge in [-0.3, -0.25) is 0 Å². The molecule has 0 saturated carbocycles. The molecule has 1 atom stereocenters. The molecule has 0 bridgehead atoms. The molecule has 102 valence electrons. The molecule has 1 aromatic carbocycles. The molecule has 0 amide bonds. The van der Waals surface area contributed by atoms with E-state index in [4.69, 9.17) is 0 Å². The maximum absolute atomic E-state index is 13.8. The van der Waals surface area contributed by atoms with Gasteiger partial charge in [0.05, 0.1) is 0 Å². The highest BCUT2D eigenvalue weighted by Gasteiger charge is 2.17. The molecule has 1 N–H and O–H groups in total. The quantitative estimate of drug-likeness (QED) is 0.870. The van der Waals surface area contributed by atoms with Crippen LogP contribution in [0.3, 0.4) is 0 Å². The molecule has 0 aliphatic heterocycles. The van der Waals surface area contributed by atoms with Crippen molar-refractivity contribution < 1.29 is 8.78 Å². The summed E-state index contributed by atoms with van der Waals surface area (Å²) < 4.78 is 27.1. The van der Waals surface area contributed by atoms with Gasteiger partial charge in [0, 0.05) is 27.8 Å². The molecule has 1 unspecified atom stereocenters. The molecule has 1 aromatic heterocycles. The van der Waals surface area contributed by atoms with Gasteiger partial charge in [-0.15, -0.1) is 11.3 Å². The van der Waals surface area contributed by atoms with Crippen LogP contribution >= 0.6 is 11.3 Å². The Bertz CT molecular complexity index is 551. The summed E-state index contributed by atoms with van der Waals surface area (Å²) >= 11 is 1.73. The molecule has 0 aliphatic rings. The summed E-state index contributed by atoms with van der Waals surface area (Å²) in [6.45, 7) is 2.11. The number of benzene rings is 1. The number of hydrogen-bond acceptors (Lipinski definition) is 2. The van der Waals surface area contributed by atoms with Gasteiger partial charge in [-0.1, -0.05) is 19.1 Å². The van der Waals surface area contributed by atoms with Gasteiger partial charge < -0.3 is 5.32 Å². The molecule has 0 spiro atoms. The van der Waals surface area contributed by atoms with E-state index in [1.807, 2.05) is 0 Å². The Balaban J connectivity index is 2.22. The van der Waals surface area contributed by atoms with Crippen LogP contribution < -0.4 is 5.32 Å². The lowest BCUT2D eigenvalue weighted by Crippen LogP contribution is -2.20. The highest BCUT2D eigenvalue weighted by atomic mass is 32.1.